The van der Waals surface area contributed by atoms with Gasteiger partial charge in [0.05, 0.1) is 24.9 Å². The molecule has 1 saturated heterocycles. The largest absolute Gasteiger partial charge is 0.456 e. The van der Waals surface area contributed by atoms with Gasteiger partial charge in [-0.05, 0) is 61.1 Å². The van der Waals surface area contributed by atoms with Crippen molar-refractivity contribution in [3.63, 3.8) is 0 Å². The topological polar surface area (TPSA) is 94.9 Å². The van der Waals surface area contributed by atoms with Crippen LogP contribution in [0.5, 0.6) is 11.5 Å². The van der Waals surface area contributed by atoms with E-state index >= 15 is 0 Å². The van der Waals surface area contributed by atoms with Crippen molar-refractivity contribution in [3.8, 4) is 11.5 Å². The molecule has 2 heterocycles. The lowest BCUT2D eigenvalue weighted by molar-refractivity contribution is 0.00314. The summed E-state index contributed by atoms with van der Waals surface area (Å²) >= 11 is 0. The Morgan fingerprint density at radius 2 is 1.86 bits per heavy atom. The van der Waals surface area contributed by atoms with Crippen molar-refractivity contribution >= 4 is 11.7 Å². The Labute approximate surface area is 170 Å². The number of aliphatic hydroxyl groups excluding tert-OH is 2. The van der Waals surface area contributed by atoms with Gasteiger partial charge in [-0.3, -0.25) is 4.98 Å². The van der Waals surface area contributed by atoms with Gasteiger partial charge in [0.2, 0.25) is 0 Å². The first-order valence-corrected chi connectivity index (χ1v) is 10.1. The van der Waals surface area contributed by atoms with Crippen LogP contribution in [0.4, 0.5) is 10.5 Å². The van der Waals surface area contributed by atoms with Gasteiger partial charge in [0.15, 0.2) is 0 Å². The number of aromatic nitrogens is 1. The molecule has 29 heavy (non-hydrogen) atoms. The van der Waals surface area contributed by atoms with Crippen molar-refractivity contribution in [2.75, 3.05) is 18.4 Å². The summed E-state index contributed by atoms with van der Waals surface area (Å²) in [5.74, 6) is 1.29. The van der Waals surface area contributed by atoms with E-state index in [1.807, 2.05) is 6.07 Å². The average molecular weight is 397 g/mol. The molecule has 1 aromatic heterocycles. The first-order valence-electron chi connectivity index (χ1n) is 10.1. The number of hydrogen-bond donors (Lipinski definition) is 3. The van der Waals surface area contributed by atoms with Crippen molar-refractivity contribution in [1.82, 2.24) is 9.88 Å². The van der Waals surface area contributed by atoms with Crippen LogP contribution in [-0.4, -0.2) is 51.4 Å². The number of urea groups is 1. The molecule has 2 amide bonds. The van der Waals surface area contributed by atoms with E-state index in [9.17, 15) is 15.0 Å². The third kappa shape index (κ3) is 4.68. The highest BCUT2D eigenvalue weighted by atomic mass is 16.5. The summed E-state index contributed by atoms with van der Waals surface area (Å²) in [6.07, 6.45) is 6.35. The second-order valence-electron chi connectivity index (χ2n) is 8.17. The van der Waals surface area contributed by atoms with E-state index in [1.54, 1.807) is 47.6 Å². The van der Waals surface area contributed by atoms with Gasteiger partial charge in [0.1, 0.15) is 11.5 Å². The quantitative estimate of drug-likeness (QED) is 0.738. The van der Waals surface area contributed by atoms with Crippen LogP contribution >= 0.6 is 0 Å². The van der Waals surface area contributed by atoms with Gasteiger partial charge in [-0.15, -0.1) is 0 Å². The number of pyridine rings is 1. The Bertz CT molecular complexity index is 822. The smallest absolute Gasteiger partial charge is 0.321 e. The molecule has 2 aliphatic rings. The maximum absolute atomic E-state index is 12.9. The molecule has 154 valence electrons. The van der Waals surface area contributed by atoms with Crippen molar-refractivity contribution in [2.45, 2.75) is 44.3 Å². The highest BCUT2D eigenvalue weighted by Gasteiger charge is 2.43. The highest BCUT2D eigenvalue weighted by Crippen LogP contribution is 2.44. The number of hydrogen-bond acceptors (Lipinski definition) is 5. The van der Waals surface area contributed by atoms with E-state index in [4.69, 9.17) is 4.74 Å². The molecule has 1 aliphatic heterocycles. The number of ether oxygens (including phenoxy) is 1. The Hall–Kier alpha value is -2.64. The normalized spacial score (nSPS) is 23.6. The lowest BCUT2D eigenvalue weighted by Gasteiger charge is -2.32. The molecule has 7 nitrogen and oxygen atoms in total. The first kappa shape index (κ1) is 19.7. The number of rotatable bonds is 3. The van der Waals surface area contributed by atoms with Gasteiger partial charge < -0.3 is 25.2 Å². The second kappa shape index (κ2) is 8.39. The lowest BCUT2D eigenvalue weighted by atomic mass is 9.80. The molecule has 2 aromatic rings. The summed E-state index contributed by atoms with van der Waals surface area (Å²) in [6.45, 7) is 0.701. The van der Waals surface area contributed by atoms with Crippen LogP contribution in [0, 0.1) is 5.41 Å². The predicted molar refractivity (Wildman–Crippen MR) is 109 cm³/mol. The van der Waals surface area contributed by atoms with Gasteiger partial charge in [0.25, 0.3) is 0 Å². The third-order valence-corrected chi connectivity index (χ3v) is 5.95. The van der Waals surface area contributed by atoms with Crippen LogP contribution in [0.2, 0.25) is 0 Å². The number of likely N-dealkylation sites (tertiary alicyclic amines) is 1. The summed E-state index contributed by atoms with van der Waals surface area (Å²) in [4.78, 5) is 18.5. The monoisotopic (exact) mass is 397 g/mol. The fourth-order valence-corrected chi connectivity index (χ4v) is 4.46. The van der Waals surface area contributed by atoms with Crippen LogP contribution < -0.4 is 10.1 Å². The molecule has 3 N–H and O–H groups in total. The maximum Gasteiger partial charge on any atom is 0.321 e. The lowest BCUT2D eigenvalue weighted by Crippen LogP contribution is -2.43. The number of amides is 2. The van der Waals surface area contributed by atoms with Crippen LogP contribution in [-0.2, 0) is 0 Å². The van der Waals surface area contributed by atoms with Crippen LogP contribution in [0.3, 0.4) is 0 Å². The van der Waals surface area contributed by atoms with E-state index < -0.39 is 12.2 Å². The van der Waals surface area contributed by atoms with Crippen molar-refractivity contribution in [2.24, 2.45) is 5.41 Å². The number of β-amino-alcohol motifs (C(OH)–C–C–N with tert-alkyl or cyclic N) is 1. The average Bonchev–Trinajstić information content (AvgIpc) is 3.12. The minimum absolute atomic E-state index is 0.0876. The Balaban J connectivity index is 1.41. The summed E-state index contributed by atoms with van der Waals surface area (Å²) in [5, 5.41) is 23.5. The van der Waals surface area contributed by atoms with Gasteiger partial charge in [-0.25, -0.2) is 4.79 Å². The van der Waals surface area contributed by atoms with E-state index in [0.29, 0.717) is 30.2 Å². The molecule has 2 atom stereocenters. The number of benzene rings is 1. The van der Waals surface area contributed by atoms with Gasteiger partial charge >= 0.3 is 6.03 Å². The molecule has 1 spiro atoms. The summed E-state index contributed by atoms with van der Waals surface area (Å²) in [7, 11) is 0. The summed E-state index contributed by atoms with van der Waals surface area (Å²) in [6, 6.07) is 10.5. The molecule has 1 aromatic carbocycles. The number of nitrogens with one attached hydrogen (secondary N) is 1. The fraction of sp³-hybridized carbons (Fsp3) is 0.455. The third-order valence-electron chi connectivity index (χ3n) is 5.95. The zero-order valence-electron chi connectivity index (χ0n) is 16.3. The number of carbonyl (C=O) groups excluding carboxylic acids is 1. The second-order valence-corrected chi connectivity index (χ2v) is 8.17. The van der Waals surface area contributed by atoms with E-state index in [1.165, 1.54) is 0 Å². The van der Waals surface area contributed by atoms with E-state index in [2.05, 4.69) is 10.3 Å². The zero-order valence-corrected chi connectivity index (χ0v) is 16.3. The van der Waals surface area contributed by atoms with Crippen LogP contribution in [0.15, 0.2) is 48.8 Å². The maximum atomic E-state index is 12.9. The number of anilines is 1. The molecule has 4 rings (SSSR count). The molecular weight excluding hydrogens is 370 g/mol. The van der Waals surface area contributed by atoms with Crippen LogP contribution in [0.1, 0.15) is 32.1 Å². The first-order chi connectivity index (χ1) is 14.0. The van der Waals surface area contributed by atoms with Gasteiger partial charge in [-0.1, -0.05) is 12.8 Å². The Morgan fingerprint density at radius 3 is 2.55 bits per heavy atom. The van der Waals surface area contributed by atoms with E-state index in [0.717, 1.165) is 25.7 Å². The molecular formula is C22H27N3O4. The summed E-state index contributed by atoms with van der Waals surface area (Å²) < 4.78 is 5.71. The minimum Gasteiger partial charge on any atom is -0.456 e. The number of nitrogens with zero attached hydrogens (tertiary/aromatic N) is 2. The molecule has 0 radical (unpaired) electrons. The SMILES string of the molecule is O=C(Nc1ccc(Oc2cccnc2)cc1)N1C[C@@H](O)[C@@H](O)CC2(CCCC2)C1. The molecule has 2 fully saturated rings. The van der Waals surface area contributed by atoms with E-state index in [-0.39, 0.29) is 18.0 Å². The van der Waals surface area contributed by atoms with Gasteiger partial charge in [-0.2, -0.15) is 0 Å². The highest BCUT2D eigenvalue weighted by molar-refractivity contribution is 5.89. The van der Waals surface area contributed by atoms with Crippen molar-refractivity contribution in [1.29, 1.82) is 0 Å². The Kier molecular flexibility index (Phi) is 5.69. The van der Waals surface area contributed by atoms with Crippen LogP contribution in [0.25, 0.3) is 0 Å². The fourth-order valence-electron chi connectivity index (χ4n) is 4.46. The van der Waals surface area contributed by atoms with Crippen molar-refractivity contribution < 1.29 is 19.7 Å². The molecule has 0 bridgehead atoms. The summed E-state index contributed by atoms with van der Waals surface area (Å²) in [5.41, 5.74) is 0.559. The number of carbonyl (C=O) groups is 1. The molecule has 7 heteroatoms. The predicted octanol–water partition coefficient (Wildman–Crippen LogP) is 3.39. The zero-order chi connectivity index (χ0) is 20.3. The van der Waals surface area contributed by atoms with Crippen molar-refractivity contribution in [3.05, 3.63) is 48.8 Å². The number of aliphatic hydroxyl groups is 2. The molecule has 1 aliphatic carbocycles. The minimum atomic E-state index is -0.920. The molecule has 1 saturated carbocycles. The molecule has 0 unspecified atom stereocenters. The van der Waals surface area contributed by atoms with Gasteiger partial charge in [0, 0.05) is 18.4 Å². The Morgan fingerprint density at radius 1 is 1.10 bits per heavy atom. The standard InChI is InChI=1S/C22H27N3O4/c26-19-12-22(9-1-2-10-22)15-25(14-20(19)27)21(28)24-16-5-7-17(8-6-16)29-18-4-3-11-23-13-18/h3-8,11,13,19-20,26-27H,1-2,9-10,12,14-15H2,(H,24,28)/t19-,20+/m0/s1.